The second-order valence-electron chi connectivity index (χ2n) is 8.84. The number of benzene rings is 3. The van der Waals surface area contributed by atoms with Gasteiger partial charge in [0.2, 0.25) is 11.8 Å². The molecule has 0 N–H and O–H groups in total. The molecular weight excluding hydrogens is 531 g/mol. The van der Waals surface area contributed by atoms with Gasteiger partial charge in [0.1, 0.15) is 17.7 Å². The van der Waals surface area contributed by atoms with Gasteiger partial charge in [0.15, 0.2) is 0 Å². The number of hydrogen-bond acceptors (Lipinski definition) is 5. The third-order valence-corrected chi connectivity index (χ3v) is 6.15. The van der Waals surface area contributed by atoms with E-state index in [-0.39, 0.29) is 30.5 Å². The molecule has 0 saturated carbocycles. The first kappa shape index (κ1) is 26.9. The molecule has 2 heterocycles. The van der Waals surface area contributed by atoms with Crippen molar-refractivity contribution in [3.63, 3.8) is 0 Å². The summed E-state index contributed by atoms with van der Waals surface area (Å²) in [4.78, 5) is 4.00. The second kappa shape index (κ2) is 11.2. The Bertz CT molecular complexity index is 1610. The summed E-state index contributed by atoms with van der Waals surface area (Å²) in [7, 11) is 0. The van der Waals surface area contributed by atoms with Gasteiger partial charge in [-0.3, -0.25) is 0 Å². The lowest BCUT2D eigenvalue weighted by molar-refractivity contribution is -0.137. The summed E-state index contributed by atoms with van der Waals surface area (Å²) in [6.07, 6.45) is 1.24. The van der Waals surface area contributed by atoms with Crippen LogP contribution >= 0.6 is 0 Å². The molecule has 0 radical (unpaired) electrons. The van der Waals surface area contributed by atoms with E-state index in [0.29, 0.717) is 22.3 Å². The number of halogens is 5. The first-order chi connectivity index (χ1) is 19.2. The molecule has 2 aromatic heterocycles. The third kappa shape index (κ3) is 5.99. The molecule has 0 aliphatic heterocycles. The van der Waals surface area contributed by atoms with E-state index >= 15 is 0 Å². The Hall–Kier alpha value is -4.64. The third-order valence-electron chi connectivity index (χ3n) is 6.15. The summed E-state index contributed by atoms with van der Waals surface area (Å²) in [5.41, 5.74) is 1.62. The lowest BCUT2D eigenvalue weighted by Crippen LogP contribution is -2.14. The lowest BCUT2D eigenvalue weighted by atomic mass is 10.0. The molecule has 11 heteroatoms. The van der Waals surface area contributed by atoms with Crippen molar-refractivity contribution >= 4 is 6.08 Å². The van der Waals surface area contributed by atoms with Gasteiger partial charge in [-0.15, -0.1) is 10.2 Å². The lowest BCUT2D eigenvalue weighted by Gasteiger charge is -2.20. The van der Waals surface area contributed by atoms with Gasteiger partial charge in [0.05, 0.1) is 25.0 Å². The van der Waals surface area contributed by atoms with E-state index in [1.165, 1.54) is 24.3 Å². The van der Waals surface area contributed by atoms with E-state index in [1.807, 2.05) is 0 Å². The first-order valence-electron chi connectivity index (χ1n) is 12.0. The highest BCUT2D eigenvalue weighted by molar-refractivity contribution is 5.70. The van der Waals surface area contributed by atoms with Gasteiger partial charge in [0, 0.05) is 35.2 Å². The highest BCUT2D eigenvalue weighted by Crippen LogP contribution is 2.33. The van der Waals surface area contributed by atoms with Gasteiger partial charge < -0.3 is 13.7 Å². The molecule has 0 spiro atoms. The highest BCUT2D eigenvalue weighted by atomic mass is 19.4. The fraction of sp³-hybridized carbons (Fsp3) is 0.138. The minimum Gasteiger partial charge on any atom is -0.416 e. The maximum Gasteiger partial charge on any atom is 0.416 e. The number of aromatic nitrogens is 4. The zero-order valence-corrected chi connectivity index (χ0v) is 20.8. The van der Waals surface area contributed by atoms with Gasteiger partial charge in [-0.1, -0.05) is 30.9 Å². The number of alkyl halides is 3. The Morgan fingerprint density at radius 3 is 2.42 bits per heavy atom. The fourth-order valence-electron chi connectivity index (χ4n) is 4.09. The van der Waals surface area contributed by atoms with Crippen LogP contribution in [0, 0.1) is 11.6 Å². The van der Waals surface area contributed by atoms with Crippen molar-refractivity contribution in [2.24, 2.45) is 0 Å². The number of imidazole rings is 1. The predicted molar refractivity (Wildman–Crippen MR) is 136 cm³/mol. The molecule has 1 unspecified atom stereocenters. The van der Waals surface area contributed by atoms with Crippen molar-refractivity contribution in [1.29, 1.82) is 0 Å². The zero-order chi connectivity index (χ0) is 28.3. The van der Waals surface area contributed by atoms with Gasteiger partial charge >= 0.3 is 6.18 Å². The second-order valence-corrected chi connectivity index (χ2v) is 8.84. The summed E-state index contributed by atoms with van der Waals surface area (Å²) in [6, 6.07) is 13.0. The zero-order valence-electron chi connectivity index (χ0n) is 20.8. The smallest absolute Gasteiger partial charge is 0.416 e. The molecular formula is C29H21F5N4O2. The van der Waals surface area contributed by atoms with Gasteiger partial charge in [-0.25, -0.2) is 13.8 Å². The molecule has 5 aromatic rings. The van der Waals surface area contributed by atoms with Crippen LogP contribution in [0.4, 0.5) is 22.0 Å². The highest BCUT2D eigenvalue weighted by Gasteiger charge is 2.30. The van der Waals surface area contributed by atoms with Crippen LogP contribution < -0.4 is 0 Å². The summed E-state index contributed by atoms with van der Waals surface area (Å²) in [5, 5.41) is 8.06. The topological polar surface area (TPSA) is 66.0 Å². The quantitative estimate of drug-likeness (QED) is 0.177. The molecule has 204 valence electrons. The summed E-state index contributed by atoms with van der Waals surface area (Å²) >= 11 is 0. The molecule has 6 nitrogen and oxygen atoms in total. The van der Waals surface area contributed by atoms with E-state index < -0.39 is 29.5 Å². The monoisotopic (exact) mass is 552 g/mol. The molecule has 0 bridgehead atoms. The maximum absolute atomic E-state index is 14.6. The van der Waals surface area contributed by atoms with Crippen molar-refractivity contribution in [3.05, 3.63) is 120 Å². The fourth-order valence-corrected chi connectivity index (χ4v) is 4.09. The number of rotatable bonds is 9. The number of hydrogen-bond donors (Lipinski definition) is 0. The Balaban J connectivity index is 1.39. The average molecular weight is 553 g/mol. The van der Waals surface area contributed by atoms with Crippen LogP contribution in [-0.4, -0.2) is 19.7 Å². The maximum atomic E-state index is 14.6. The van der Waals surface area contributed by atoms with Crippen molar-refractivity contribution < 1.29 is 31.1 Å². The van der Waals surface area contributed by atoms with E-state index in [1.54, 1.807) is 47.6 Å². The summed E-state index contributed by atoms with van der Waals surface area (Å²) in [5.74, 6) is -1.24. The van der Waals surface area contributed by atoms with Crippen LogP contribution in [0.2, 0.25) is 0 Å². The van der Waals surface area contributed by atoms with E-state index in [0.717, 1.165) is 18.2 Å². The Morgan fingerprint density at radius 2 is 1.75 bits per heavy atom. The van der Waals surface area contributed by atoms with Crippen molar-refractivity contribution in [3.8, 4) is 22.9 Å². The van der Waals surface area contributed by atoms with Gasteiger partial charge in [0.25, 0.3) is 0 Å². The first-order valence-corrected chi connectivity index (χ1v) is 12.0. The van der Waals surface area contributed by atoms with Crippen LogP contribution in [0.25, 0.3) is 29.0 Å². The van der Waals surface area contributed by atoms with Crippen LogP contribution in [-0.2, 0) is 24.1 Å². The molecule has 5 rings (SSSR count). The van der Waals surface area contributed by atoms with Crippen LogP contribution in [0.3, 0.4) is 0 Å². The van der Waals surface area contributed by atoms with E-state index in [4.69, 9.17) is 9.15 Å². The molecule has 40 heavy (non-hydrogen) atoms. The van der Waals surface area contributed by atoms with Crippen LogP contribution in [0.15, 0.2) is 90.4 Å². The minimum atomic E-state index is -4.46. The molecule has 0 aliphatic rings. The van der Waals surface area contributed by atoms with Crippen molar-refractivity contribution in [2.75, 3.05) is 0 Å². The standard InChI is InChI=1S/C29H21F5N4O2/c1-2-19-4-3-18(16-39-26(15-38-12-11-35-17-38)23-10-9-22(30)14-25(23)31)13-24(19)28-37-36-27(40-28)20-5-7-21(8-6-20)29(32,33)34/h2-14,17,26H,1,15-16H2. The molecule has 0 fully saturated rings. The predicted octanol–water partition coefficient (Wildman–Crippen LogP) is 7.50. The molecule has 3 aromatic carbocycles. The van der Waals surface area contributed by atoms with Crippen molar-refractivity contribution in [2.45, 2.75) is 25.4 Å². The Morgan fingerprint density at radius 1 is 0.975 bits per heavy atom. The minimum absolute atomic E-state index is 0.0487. The molecule has 1 atom stereocenters. The summed E-state index contributed by atoms with van der Waals surface area (Å²) in [6.45, 7) is 4.10. The SMILES string of the molecule is C=Cc1ccc(COC(Cn2ccnc2)c2ccc(F)cc2F)cc1-c1nnc(-c2ccc(C(F)(F)F)cc2)o1. The number of nitrogens with zero attached hydrogens (tertiary/aromatic N) is 4. The molecule has 0 saturated heterocycles. The molecule has 0 amide bonds. The normalized spacial score (nSPS) is 12.4. The summed E-state index contributed by atoms with van der Waals surface area (Å²) < 4.78 is 80.4. The van der Waals surface area contributed by atoms with Crippen LogP contribution in [0.1, 0.15) is 28.4 Å². The number of ether oxygens (including phenoxy) is 1. The largest absolute Gasteiger partial charge is 0.416 e. The average Bonchev–Trinajstić information content (AvgIpc) is 3.63. The van der Waals surface area contributed by atoms with Gasteiger partial charge in [-0.2, -0.15) is 13.2 Å². The van der Waals surface area contributed by atoms with E-state index in [2.05, 4.69) is 21.8 Å². The van der Waals surface area contributed by atoms with Gasteiger partial charge in [-0.05, 0) is 47.5 Å². The molecule has 0 aliphatic carbocycles. The van der Waals surface area contributed by atoms with E-state index in [9.17, 15) is 22.0 Å². The van der Waals surface area contributed by atoms with Crippen molar-refractivity contribution in [1.82, 2.24) is 19.7 Å². The van der Waals surface area contributed by atoms with Crippen LogP contribution in [0.5, 0.6) is 0 Å². The Labute approximate surface area is 225 Å². The Kier molecular flexibility index (Phi) is 7.56.